The molecule has 0 heterocycles. The fraction of sp³-hybridized carbons (Fsp3) is 0.767. The van der Waals surface area contributed by atoms with Crippen LogP contribution in [0.3, 0.4) is 0 Å². The van der Waals surface area contributed by atoms with E-state index in [1.807, 2.05) is 4.90 Å². The number of nitrogens with zero attached hydrogens (tertiary/aromatic N) is 1. The maximum absolute atomic E-state index is 12.8. The molecule has 35 heavy (non-hydrogen) atoms. The molecule has 2 nitrogen and oxygen atoms in total. The standard InChI is InChI=1S/C30H50F3NO/c1-3-5-7-8-9-10-11-12-13-14-15-16-17-18-19-20-26-34(25-6-4-2)29(35)27-21-23-28(24-22-27)30(31,32)33/h21-24H,3-20,25-26H2,1-2H3. The van der Waals surface area contributed by atoms with Gasteiger partial charge in [0, 0.05) is 18.7 Å². The number of hydrogen-bond acceptors (Lipinski definition) is 1. The highest BCUT2D eigenvalue weighted by molar-refractivity contribution is 5.94. The van der Waals surface area contributed by atoms with Crippen LogP contribution in [-0.2, 0) is 6.18 Å². The Morgan fingerprint density at radius 3 is 1.37 bits per heavy atom. The predicted octanol–water partition coefficient (Wildman–Crippen LogP) is 10.2. The molecule has 0 bridgehead atoms. The van der Waals surface area contributed by atoms with Gasteiger partial charge in [0.25, 0.3) is 5.91 Å². The Kier molecular flexibility index (Phi) is 17.7. The van der Waals surface area contributed by atoms with Crippen LogP contribution in [0.2, 0.25) is 0 Å². The van der Waals surface area contributed by atoms with Crippen molar-refractivity contribution in [1.29, 1.82) is 0 Å². The topological polar surface area (TPSA) is 20.3 Å². The molecule has 1 aromatic carbocycles. The highest BCUT2D eigenvalue weighted by Gasteiger charge is 2.30. The third-order valence-electron chi connectivity index (χ3n) is 6.81. The maximum Gasteiger partial charge on any atom is 0.416 e. The number of unbranched alkanes of at least 4 members (excludes halogenated alkanes) is 16. The van der Waals surface area contributed by atoms with Crippen LogP contribution in [0.4, 0.5) is 13.2 Å². The minimum absolute atomic E-state index is 0.159. The number of rotatable bonds is 21. The van der Waals surface area contributed by atoms with Crippen LogP contribution in [-0.4, -0.2) is 23.9 Å². The molecule has 0 atom stereocenters. The molecular weight excluding hydrogens is 447 g/mol. The molecule has 5 heteroatoms. The van der Waals surface area contributed by atoms with E-state index in [0.29, 0.717) is 18.7 Å². The number of carbonyl (C=O) groups is 1. The lowest BCUT2D eigenvalue weighted by Crippen LogP contribution is -2.33. The van der Waals surface area contributed by atoms with Gasteiger partial charge in [0.05, 0.1) is 5.56 Å². The molecule has 0 unspecified atom stereocenters. The summed E-state index contributed by atoms with van der Waals surface area (Å²) in [6.07, 6.45) is 18.5. The summed E-state index contributed by atoms with van der Waals surface area (Å²) in [4.78, 5) is 14.7. The normalized spacial score (nSPS) is 11.7. The number of carbonyl (C=O) groups excluding carboxylic acids is 1. The first kappa shape index (κ1) is 31.5. The van der Waals surface area contributed by atoms with E-state index in [9.17, 15) is 18.0 Å². The Labute approximate surface area is 213 Å². The molecule has 1 rings (SSSR count). The van der Waals surface area contributed by atoms with Gasteiger partial charge in [0.2, 0.25) is 0 Å². The van der Waals surface area contributed by atoms with Crippen molar-refractivity contribution in [3.8, 4) is 0 Å². The van der Waals surface area contributed by atoms with Crippen LogP contribution in [0.1, 0.15) is 145 Å². The summed E-state index contributed by atoms with van der Waals surface area (Å²) in [7, 11) is 0. The zero-order valence-corrected chi connectivity index (χ0v) is 22.4. The summed E-state index contributed by atoms with van der Waals surface area (Å²) in [6, 6.07) is 4.61. The highest BCUT2D eigenvalue weighted by Crippen LogP contribution is 2.29. The van der Waals surface area contributed by atoms with Gasteiger partial charge in [0.1, 0.15) is 0 Å². The number of alkyl halides is 3. The molecule has 0 aromatic heterocycles. The molecule has 0 aliphatic carbocycles. The van der Waals surface area contributed by atoms with Crippen molar-refractivity contribution >= 4 is 5.91 Å². The van der Waals surface area contributed by atoms with Crippen molar-refractivity contribution in [3.63, 3.8) is 0 Å². The van der Waals surface area contributed by atoms with Gasteiger partial charge in [-0.15, -0.1) is 0 Å². The van der Waals surface area contributed by atoms with Crippen molar-refractivity contribution in [1.82, 2.24) is 4.90 Å². The van der Waals surface area contributed by atoms with E-state index in [1.165, 1.54) is 102 Å². The average molecular weight is 498 g/mol. The van der Waals surface area contributed by atoms with Gasteiger partial charge >= 0.3 is 6.18 Å². The second kappa shape index (κ2) is 19.6. The molecule has 0 aliphatic rings. The Morgan fingerprint density at radius 2 is 0.971 bits per heavy atom. The van der Waals surface area contributed by atoms with E-state index in [2.05, 4.69) is 13.8 Å². The molecule has 202 valence electrons. The third kappa shape index (κ3) is 15.3. The predicted molar refractivity (Wildman–Crippen MR) is 142 cm³/mol. The SMILES string of the molecule is CCCCCCCCCCCCCCCCCCN(CCCC)C(=O)c1ccc(C(F)(F)F)cc1. The second-order valence-electron chi connectivity index (χ2n) is 10.0. The molecule has 1 amide bonds. The maximum atomic E-state index is 12.8. The monoisotopic (exact) mass is 497 g/mol. The highest BCUT2D eigenvalue weighted by atomic mass is 19.4. The summed E-state index contributed by atoms with van der Waals surface area (Å²) >= 11 is 0. The lowest BCUT2D eigenvalue weighted by Gasteiger charge is -2.23. The van der Waals surface area contributed by atoms with E-state index in [1.54, 1.807) is 0 Å². The molecule has 0 radical (unpaired) electrons. The smallest absolute Gasteiger partial charge is 0.339 e. The van der Waals surface area contributed by atoms with E-state index in [0.717, 1.165) is 37.8 Å². The van der Waals surface area contributed by atoms with Gasteiger partial charge in [-0.05, 0) is 37.1 Å². The van der Waals surface area contributed by atoms with Crippen molar-refractivity contribution in [2.24, 2.45) is 0 Å². The van der Waals surface area contributed by atoms with Gasteiger partial charge in [-0.1, -0.05) is 117 Å². The van der Waals surface area contributed by atoms with Crippen LogP contribution in [0.25, 0.3) is 0 Å². The lowest BCUT2D eigenvalue weighted by molar-refractivity contribution is -0.137. The molecular formula is C30H50F3NO. The molecule has 0 N–H and O–H groups in total. The van der Waals surface area contributed by atoms with Crippen LogP contribution >= 0.6 is 0 Å². The van der Waals surface area contributed by atoms with E-state index in [4.69, 9.17) is 0 Å². The van der Waals surface area contributed by atoms with E-state index in [-0.39, 0.29) is 5.91 Å². The van der Waals surface area contributed by atoms with Crippen molar-refractivity contribution in [2.45, 2.75) is 136 Å². The zero-order valence-electron chi connectivity index (χ0n) is 22.4. The van der Waals surface area contributed by atoms with Gasteiger partial charge in [-0.25, -0.2) is 0 Å². The Balaban J connectivity index is 2.15. The summed E-state index contributed by atoms with van der Waals surface area (Å²) < 4.78 is 38.4. The second-order valence-corrected chi connectivity index (χ2v) is 10.0. The van der Waals surface area contributed by atoms with Gasteiger partial charge in [0.15, 0.2) is 0 Å². The lowest BCUT2D eigenvalue weighted by atomic mass is 10.0. The van der Waals surface area contributed by atoms with Gasteiger partial charge in [-0.2, -0.15) is 13.2 Å². The molecule has 0 saturated heterocycles. The van der Waals surface area contributed by atoms with Crippen LogP contribution < -0.4 is 0 Å². The number of benzene rings is 1. The van der Waals surface area contributed by atoms with E-state index >= 15 is 0 Å². The molecule has 0 aliphatic heterocycles. The van der Waals surface area contributed by atoms with Crippen molar-refractivity contribution in [2.75, 3.05) is 13.1 Å². The van der Waals surface area contributed by atoms with Crippen LogP contribution in [0, 0.1) is 0 Å². The summed E-state index contributed by atoms with van der Waals surface area (Å²) in [6.45, 7) is 5.68. The van der Waals surface area contributed by atoms with Gasteiger partial charge in [-0.3, -0.25) is 4.79 Å². The third-order valence-corrected chi connectivity index (χ3v) is 6.81. The molecule has 1 aromatic rings. The summed E-state index contributed by atoms with van der Waals surface area (Å²) in [5.74, 6) is -0.159. The van der Waals surface area contributed by atoms with Gasteiger partial charge < -0.3 is 4.90 Å². The van der Waals surface area contributed by atoms with Crippen molar-refractivity contribution in [3.05, 3.63) is 35.4 Å². The van der Waals surface area contributed by atoms with Crippen molar-refractivity contribution < 1.29 is 18.0 Å². The quantitative estimate of drug-likeness (QED) is 0.155. The summed E-state index contributed by atoms with van der Waals surface area (Å²) in [5.41, 5.74) is -0.377. The number of amides is 1. The Bertz CT molecular complexity index is 642. The summed E-state index contributed by atoms with van der Waals surface area (Å²) in [5, 5.41) is 0. The van der Waals surface area contributed by atoms with E-state index < -0.39 is 11.7 Å². The zero-order chi connectivity index (χ0) is 25.8. The largest absolute Gasteiger partial charge is 0.416 e. The first-order valence-electron chi connectivity index (χ1n) is 14.4. The van der Waals surface area contributed by atoms with Crippen LogP contribution in [0.15, 0.2) is 24.3 Å². The molecule has 0 fully saturated rings. The van der Waals surface area contributed by atoms with Crippen LogP contribution in [0.5, 0.6) is 0 Å². The average Bonchev–Trinajstić information content (AvgIpc) is 2.84. The minimum Gasteiger partial charge on any atom is -0.339 e. The number of hydrogen-bond donors (Lipinski definition) is 0. The Hall–Kier alpha value is -1.52. The first-order valence-corrected chi connectivity index (χ1v) is 14.4. The Morgan fingerprint density at radius 1 is 0.600 bits per heavy atom. The fourth-order valence-corrected chi connectivity index (χ4v) is 4.50. The minimum atomic E-state index is -4.38. The molecule has 0 saturated carbocycles. The number of halogens is 3. The fourth-order valence-electron chi connectivity index (χ4n) is 4.50. The first-order chi connectivity index (χ1) is 16.9. The molecule has 0 spiro atoms.